The molecule has 1 heterocycles. The second-order valence-electron chi connectivity index (χ2n) is 7.69. The van der Waals surface area contributed by atoms with Crippen molar-refractivity contribution >= 4 is 11.5 Å². The number of amidine groups is 1. The number of nitrogens with zero attached hydrogens (tertiary/aromatic N) is 3. The smallest absolute Gasteiger partial charge is 0.181 e. The second-order valence-corrected chi connectivity index (χ2v) is 7.69. The minimum Gasteiger partial charge on any atom is -0.384 e. The first kappa shape index (κ1) is 22.1. The number of nitrogens with two attached hydrogens (primary N) is 1. The van der Waals surface area contributed by atoms with Gasteiger partial charge in [-0.3, -0.25) is 10.1 Å². The van der Waals surface area contributed by atoms with Gasteiger partial charge in [0.25, 0.3) is 0 Å². The van der Waals surface area contributed by atoms with Crippen LogP contribution in [-0.2, 0) is 13.5 Å². The normalized spacial score (nSPS) is 11.9. The van der Waals surface area contributed by atoms with Crippen molar-refractivity contribution < 1.29 is 8.78 Å². The molecule has 0 fully saturated rings. The van der Waals surface area contributed by atoms with E-state index in [1.807, 2.05) is 61.5 Å². The molecule has 0 spiro atoms. The van der Waals surface area contributed by atoms with Gasteiger partial charge in [0.2, 0.25) is 0 Å². The van der Waals surface area contributed by atoms with Gasteiger partial charge in [-0.25, -0.2) is 13.8 Å². The van der Waals surface area contributed by atoms with E-state index in [1.165, 1.54) is 0 Å². The third-order valence-electron chi connectivity index (χ3n) is 5.42. The Bertz CT molecular complexity index is 1280. The lowest BCUT2D eigenvalue weighted by atomic mass is 10.0. The summed E-state index contributed by atoms with van der Waals surface area (Å²) in [6, 6.07) is 18.7. The van der Waals surface area contributed by atoms with Crippen molar-refractivity contribution in [3.05, 3.63) is 101 Å². The molecule has 4 N–H and O–H groups in total. The predicted molar refractivity (Wildman–Crippen MR) is 125 cm³/mol. The number of aromatic nitrogens is 3. The molecule has 6 nitrogen and oxygen atoms in total. The lowest BCUT2D eigenvalue weighted by molar-refractivity contribution is 0.581. The van der Waals surface area contributed by atoms with Gasteiger partial charge < -0.3 is 11.1 Å². The molecule has 8 heteroatoms. The van der Waals surface area contributed by atoms with Crippen molar-refractivity contribution in [2.75, 3.05) is 5.32 Å². The standard InChI is InChI=1S/C25H24F2N6/c1-3-15-8-7-11-17(12-15)21(30-22-19(26)13-18(23(28)29)14-20(22)27)25-31-24(32-33(25)2)16-9-5-4-6-10-16/h4-14,21,30H,3H2,1-2H3,(H3,28,29). The molecule has 0 saturated carbocycles. The monoisotopic (exact) mass is 446 g/mol. The molecule has 0 aliphatic rings. The van der Waals surface area contributed by atoms with Crippen molar-refractivity contribution in [2.45, 2.75) is 19.4 Å². The highest BCUT2D eigenvalue weighted by Gasteiger charge is 2.25. The molecule has 0 aliphatic heterocycles. The number of rotatable bonds is 7. The Kier molecular flexibility index (Phi) is 6.17. The number of nitrogen functional groups attached to an aromatic ring is 1. The third-order valence-corrected chi connectivity index (χ3v) is 5.42. The fraction of sp³-hybridized carbons (Fsp3) is 0.160. The van der Waals surface area contributed by atoms with Crippen LogP contribution in [0, 0.1) is 17.0 Å². The summed E-state index contributed by atoms with van der Waals surface area (Å²) in [6.45, 7) is 2.04. The summed E-state index contributed by atoms with van der Waals surface area (Å²) >= 11 is 0. The van der Waals surface area contributed by atoms with Gasteiger partial charge in [0.05, 0.1) is 0 Å². The Morgan fingerprint density at radius 1 is 1.06 bits per heavy atom. The van der Waals surface area contributed by atoms with Crippen LogP contribution in [0.5, 0.6) is 0 Å². The van der Waals surface area contributed by atoms with Gasteiger partial charge >= 0.3 is 0 Å². The van der Waals surface area contributed by atoms with E-state index >= 15 is 0 Å². The number of benzene rings is 3. The molecular weight excluding hydrogens is 422 g/mol. The Morgan fingerprint density at radius 3 is 2.39 bits per heavy atom. The van der Waals surface area contributed by atoms with Crippen LogP contribution in [0.15, 0.2) is 66.7 Å². The number of nitrogens with one attached hydrogen (secondary N) is 2. The maximum absolute atomic E-state index is 14.9. The average Bonchev–Trinajstić information content (AvgIpc) is 3.20. The van der Waals surface area contributed by atoms with E-state index in [9.17, 15) is 8.78 Å². The summed E-state index contributed by atoms with van der Waals surface area (Å²) in [5.41, 5.74) is 7.77. The minimum atomic E-state index is -0.845. The van der Waals surface area contributed by atoms with Crippen molar-refractivity contribution in [1.82, 2.24) is 14.8 Å². The number of halogens is 2. The van der Waals surface area contributed by atoms with Crippen LogP contribution in [0.25, 0.3) is 11.4 Å². The molecule has 0 bridgehead atoms. The SMILES string of the molecule is CCc1cccc(C(Nc2c(F)cc(C(=N)N)cc2F)c2nc(-c3ccccc3)nn2C)c1. The minimum absolute atomic E-state index is 0.0231. The van der Waals surface area contributed by atoms with E-state index in [-0.39, 0.29) is 11.3 Å². The maximum atomic E-state index is 14.9. The van der Waals surface area contributed by atoms with Gasteiger partial charge in [-0.2, -0.15) is 5.10 Å². The van der Waals surface area contributed by atoms with Crippen molar-refractivity contribution in [3.63, 3.8) is 0 Å². The molecule has 1 unspecified atom stereocenters. The molecule has 1 atom stereocenters. The highest BCUT2D eigenvalue weighted by Crippen LogP contribution is 2.31. The van der Waals surface area contributed by atoms with E-state index in [2.05, 4.69) is 10.4 Å². The molecule has 168 valence electrons. The van der Waals surface area contributed by atoms with Crippen molar-refractivity contribution in [1.29, 1.82) is 5.41 Å². The zero-order valence-electron chi connectivity index (χ0n) is 18.3. The van der Waals surface area contributed by atoms with Gasteiger partial charge in [0.1, 0.15) is 29.2 Å². The fourth-order valence-electron chi connectivity index (χ4n) is 3.66. The largest absolute Gasteiger partial charge is 0.384 e. The lowest BCUT2D eigenvalue weighted by Crippen LogP contribution is -2.20. The lowest BCUT2D eigenvalue weighted by Gasteiger charge is -2.21. The summed E-state index contributed by atoms with van der Waals surface area (Å²) in [4.78, 5) is 4.70. The predicted octanol–water partition coefficient (Wildman–Crippen LogP) is 4.81. The topological polar surface area (TPSA) is 92.6 Å². The van der Waals surface area contributed by atoms with Crippen molar-refractivity contribution in [2.24, 2.45) is 12.8 Å². The van der Waals surface area contributed by atoms with Gasteiger partial charge in [-0.05, 0) is 29.7 Å². The Morgan fingerprint density at radius 2 is 1.76 bits per heavy atom. The van der Waals surface area contributed by atoms with E-state index in [0.29, 0.717) is 11.6 Å². The summed E-state index contributed by atoms with van der Waals surface area (Å²) in [5, 5.41) is 15.0. The van der Waals surface area contributed by atoms with Crippen molar-refractivity contribution in [3.8, 4) is 11.4 Å². The van der Waals surface area contributed by atoms with Crippen LogP contribution in [0.1, 0.15) is 35.5 Å². The average molecular weight is 447 g/mol. The molecule has 4 aromatic rings. The van der Waals surface area contributed by atoms with E-state index < -0.39 is 23.5 Å². The van der Waals surface area contributed by atoms with E-state index in [1.54, 1.807) is 11.7 Å². The molecule has 0 radical (unpaired) electrons. The van der Waals surface area contributed by atoms with Crippen LogP contribution < -0.4 is 11.1 Å². The number of aryl methyl sites for hydroxylation is 2. The number of anilines is 1. The van der Waals surface area contributed by atoms with Gasteiger partial charge in [-0.15, -0.1) is 0 Å². The van der Waals surface area contributed by atoms with Crippen LogP contribution in [0.4, 0.5) is 14.5 Å². The van der Waals surface area contributed by atoms with Gasteiger partial charge in [-0.1, -0.05) is 61.5 Å². The molecule has 3 aromatic carbocycles. The highest BCUT2D eigenvalue weighted by atomic mass is 19.1. The molecular formula is C25H24F2N6. The Balaban J connectivity index is 1.82. The van der Waals surface area contributed by atoms with Crippen LogP contribution in [0.3, 0.4) is 0 Å². The summed E-state index contributed by atoms with van der Waals surface area (Å²) in [5.74, 6) is -1.09. The molecule has 4 rings (SSSR count). The zero-order chi connectivity index (χ0) is 23.5. The second kappa shape index (κ2) is 9.20. The van der Waals surface area contributed by atoms with Gasteiger partial charge in [0, 0.05) is 18.2 Å². The van der Waals surface area contributed by atoms with E-state index in [0.717, 1.165) is 35.2 Å². The van der Waals surface area contributed by atoms with Gasteiger partial charge in [0.15, 0.2) is 11.6 Å². The van der Waals surface area contributed by atoms with Crippen LogP contribution in [-0.4, -0.2) is 20.6 Å². The number of hydrogen-bond acceptors (Lipinski definition) is 4. The molecule has 0 amide bonds. The summed E-state index contributed by atoms with van der Waals surface area (Å²) < 4.78 is 31.4. The maximum Gasteiger partial charge on any atom is 0.181 e. The molecule has 0 saturated heterocycles. The third kappa shape index (κ3) is 4.59. The molecule has 1 aromatic heterocycles. The molecule has 33 heavy (non-hydrogen) atoms. The Labute approximate surface area is 190 Å². The van der Waals surface area contributed by atoms with E-state index in [4.69, 9.17) is 16.1 Å². The fourth-order valence-corrected chi connectivity index (χ4v) is 3.66. The highest BCUT2D eigenvalue weighted by molar-refractivity contribution is 5.95. The first-order chi connectivity index (χ1) is 15.9. The first-order valence-corrected chi connectivity index (χ1v) is 10.5. The Hall–Kier alpha value is -4.07. The summed E-state index contributed by atoms with van der Waals surface area (Å²) in [7, 11) is 1.75. The van der Waals surface area contributed by atoms with Crippen LogP contribution in [0.2, 0.25) is 0 Å². The summed E-state index contributed by atoms with van der Waals surface area (Å²) in [6.07, 6.45) is 0.810. The first-order valence-electron chi connectivity index (χ1n) is 10.5. The number of hydrogen-bond donors (Lipinski definition) is 3. The zero-order valence-corrected chi connectivity index (χ0v) is 18.3. The molecule has 0 aliphatic carbocycles. The van der Waals surface area contributed by atoms with Crippen LogP contribution >= 0.6 is 0 Å². The quantitative estimate of drug-likeness (QED) is 0.281.